The molecule has 0 saturated heterocycles. The number of carbonyl (C=O) groups excluding carboxylic acids is 1. The summed E-state index contributed by atoms with van der Waals surface area (Å²) in [6, 6.07) is 7.18. The lowest BCUT2D eigenvalue weighted by Crippen LogP contribution is -2.17. The van der Waals surface area contributed by atoms with E-state index in [2.05, 4.69) is 25.7 Å². The molecule has 2 heterocycles. The number of benzene rings is 1. The summed E-state index contributed by atoms with van der Waals surface area (Å²) in [7, 11) is 0. The number of nitrogens with two attached hydrogens (primary N) is 1. The molecule has 8 nitrogen and oxygen atoms in total. The molecule has 26 heavy (non-hydrogen) atoms. The maximum atomic E-state index is 12.9. The van der Waals surface area contributed by atoms with Crippen LogP contribution in [0, 0.1) is 5.82 Å². The quantitative estimate of drug-likeness (QED) is 0.607. The van der Waals surface area contributed by atoms with Crippen LogP contribution in [-0.2, 0) is 6.42 Å². The first-order valence-electron chi connectivity index (χ1n) is 7.68. The van der Waals surface area contributed by atoms with Crippen molar-refractivity contribution in [2.24, 2.45) is 5.73 Å². The first kappa shape index (κ1) is 17.7. The summed E-state index contributed by atoms with van der Waals surface area (Å²) in [5.41, 5.74) is 6.12. The maximum Gasteiger partial charge on any atom is 0.252 e. The Labute approximate surface area is 152 Å². The van der Waals surface area contributed by atoms with Gasteiger partial charge in [-0.2, -0.15) is 4.98 Å². The van der Waals surface area contributed by atoms with Gasteiger partial charge < -0.3 is 15.6 Å². The van der Waals surface area contributed by atoms with E-state index in [0.29, 0.717) is 36.7 Å². The van der Waals surface area contributed by atoms with Crippen LogP contribution in [0.2, 0.25) is 5.15 Å². The fourth-order valence-corrected chi connectivity index (χ4v) is 2.35. The Bertz CT molecular complexity index is 915. The topological polar surface area (TPSA) is 120 Å². The van der Waals surface area contributed by atoms with Gasteiger partial charge in [0.05, 0.1) is 5.56 Å². The van der Waals surface area contributed by atoms with E-state index >= 15 is 0 Å². The van der Waals surface area contributed by atoms with Gasteiger partial charge in [-0.15, -0.1) is 10.2 Å². The van der Waals surface area contributed by atoms with Gasteiger partial charge in [-0.1, -0.05) is 16.8 Å². The van der Waals surface area contributed by atoms with Gasteiger partial charge in [0.15, 0.2) is 11.0 Å². The molecule has 0 fully saturated rings. The van der Waals surface area contributed by atoms with E-state index in [1.54, 1.807) is 12.1 Å². The fraction of sp³-hybridized carbons (Fsp3) is 0.188. The Hall–Kier alpha value is -3.07. The largest absolute Gasteiger partial charge is 0.368 e. The van der Waals surface area contributed by atoms with Gasteiger partial charge in [-0.3, -0.25) is 4.79 Å². The second-order valence-corrected chi connectivity index (χ2v) is 5.73. The van der Waals surface area contributed by atoms with Crippen molar-refractivity contribution in [3.05, 3.63) is 52.8 Å². The number of aromatic nitrogens is 4. The highest BCUT2D eigenvalue weighted by atomic mass is 35.5. The standard InChI is InChI=1S/C16H14ClFN6O2/c17-12-8-11(14(19)25)16(23-22-12)20-7-1-2-13-21-15(24-26-13)9-3-5-10(18)6-4-9/h3-6,8H,1-2,7H2,(H2,19,25)(H,20,23). The normalized spacial score (nSPS) is 10.7. The highest BCUT2D eigenvalue weighted by Crippen LogP contribution is 2.17. The summed E-state index contributed by atoms with van der Waals surface area (Å²) in [6.45, 7) is 0.477. The first-order chi connectivity index (χ1) is 12.5. The molecule has 3 N–H and O–H groups in total. The summed E-state index contributed by atoms with van der Waals surface area (Å²) < 4.78 is 18.1. The summed E-state index contributed by atoms with van der Waals surface area (Å²) in [6.07, 6.45) is 1.14. The van der Waals surface area contributed by atoms with Crippen LogP contribution in [0.4, 0.5) is 10.2 Å². The average Bonchev–Trinajstić information content (AvgIpc) is 3.09. The smallest absolute Gasteiger partial charge is 0.252 e. The molecular weight excluding hydrogens is 363 g/mol. The van der Waals surface area contributed by atoms with Crippen LogP contribution in [0.3, 0.4) is 0 Å². The second kappa shape index (κ2) is 7.87. The number of hydrogen-bond acceptors (Lipinski definition) is 7. The molecule has 0 radical (unpaired) electrons. The van der Waals surface area contributed by atoms with Crippen molar-refractivity contribution in [3.8, 4) is 11.4 Å². The van der Waals surface area contributed by atoms with Crippen molar-refractivity contribution < 1.29 is 13.7 Å². The number of halogens is 2. The van der Waals surface area contributed by atoms with Gasteiger partial charge in [0, 0.05) is 18.5 Å². The zero-order valence-electron chi connectivity index (χ0n) is 13.4. The molecule has 1 amide bonds. The number of anilines is 1. The molecular formula is C16H14ClFN6O2. The highest BCUT2D eigenvalue weighted by molar-refractivity contribution is 6.29. The Morgan fingerprint density at radius 1 is 1.27 bits per heavy atom. The number of nitrogens with zero attached hydrogens (tertiary/aromatic N) is 4. The Morgan fingerprint density at radius 3 is 2.77 bits per heavy atom. The Morgan fingerprint density at radius 2 is 2.04 bits per heavy atom. The van der Waals surface area contributed by atoms with Gasteiger partial charge in [-0.25, -0.2) is 4.39 Å². The van der Waals surface area contributed by atoms with Crippen LogP contribution in [0.5, 0.6) is 0 Å². The molecule has 0 aliphatic rings. The van der Waals surface area contributed by atoms with Gasteiger partial charge in [0.25, 0.3) is 5.91 Å². The Balaban J connectivity index is 1.55. The zero-order valence-corrected chi connectivity index (χ0v) is 14.2. The van der Waals surface area contributed by atoms with Crippen molar-refractivity contribution in [2.45, 2.75) is 12.8 Å². The lowest BCUT2D eigenvalue weighted by molar-refractivity contribution is 0.100. The van der Waals surface area contributed by atoms with Crippen molar-refractivity contribution in [3.63, 3.8) is 0 Å². The van der Waals surface area contributed by atoms with Crippen molar-refractivity contribution >= 4 is 23.3 Å². The lowest BCUT2D eigenvalue weighted by atomic mass is 10.2. The van der Waals surface area contributed by atoms with Gasteiger partial charge in [0.2, 0.25) is 11.7 Å². The zero-order chi connectivity index (χ0) is 18.5. The molecule has 3 aromatic rings. The van der Waals surface area contributed by atoms with Crippen molar-refractivity contribution in [1.29, 1.82) is 0 Å². The van der Waals surface area contributed by atoms with E-state index < -0.39 is 5.91 Å². The monoisotopic (exact) mass is 376 g/mol. The van der Waals surface area contributed by atoms with Gasteiger partial charge >= 0.3 is 0 Å². The molecule has 0 bridgehead atoms. The number of aryl methyl sites for hydroxylation is 1. The summed E-state index contributed by atoms with van der Waals surface area (Å²) in [5.74, 6) is 0.129. The molecule has 0 aliphatic heterocycles. The van der Waals surface area contributed by atoms with Crippen LogP contribution in [0.15, 0.2) is 34.9 Å². The predicted octanol–water partition coefficient (Wildman–Crippen LogP) is 2.46. The molecule has 2 aromatic heterocycles. The number of amides is 1. The van der Waals surface area contributed by atoms with Crippen LogP contribution in [-0.4, -0.2) is 32.8 Å². The van der Waals surface area contributed by atoms with Crippen molar-refractivity contribution in [2.75, 3.05) is 11.9 Å². The maximum absolute atomic E-state index is 12.9. The van der Waals surface area contributed by atoms with Crippen LogP contribution in [0.25, 0.3) is 11.4 Å². The second-order valence-electron chi connectivity index (χ2n) is 5.34. The van der Waals surface area contributed by atoms with E-state index in [1.807, 2.05) is 0 Å². The van der Waals surface area contributed by atoms with E-state index in [1.165, 1.54) is 18.2 Å². The number of nitrogens with one attached hydrogen (secondary N) is 1. The average molecular weight is 377 g/mol. The molecule has 0 saturated carbocycles. The number of hydrogen-bond donors (Lipinski definition) is 2. The minimum absolute atomic E-state index is 0.0866. The molecule has 0 unspecified atom stereocenters. The van der Waals surface area contributed by atoms with Crippen LogP contribution in [0.1, 0.15) is 22.7 Å². The van der Waals surface area contributed by atoms with E-state index in [-0.39, 0.29) is 22.4 Å². The molecule has 0 atom stereocenters. The molecule has 1 aromatic carbocycles. The predicted molar refractivity (Wildman–Crippen MR) is 92.1 cm³/mol. The molecule has 134 valence electrons. The summed E-state index contributed by atoms with van der Waals surface area (Å²) in [5, 5.41) is 14.4. The summed E-state index contributed by atoms with van der Waals surface area (Å²) in [4.78, 5) is 15.7. The minimum atomic E-state index is -0.648. The molecule has 0 spiro atoms. The van der Waals surface area contributed by atoms with Crippen molar-refractivity contribution in [1.82, 2.24) is 20.3 Å². The first-order valence-corrected chi connectivity index (χ1v) is 8.06. The van der Waals surface area contributed by atoms with Crippen LogP contribution >= 0.6 is 11.6 Å². The van der Waals surface area contributed by atoms with E-state index in [4.69, 9.17) is 21.9 Å². The summed E-state index contributed by atoms with van der Waals surface area (Å²) >= 11 is 5.71. The van der Waals surface area contributed by atoms with Gasteiger partial charge in [0.1, 0.15) is 5.82 Å². The third-order valence-corrected chi connectivity index (χ3v) is 3.64. The number of rotatable bonds is 7. The van der Waals surface area contributed by atoms with Crippen LogP contribution < -0.4 is 11.1 Å². The van der Waals surface area contributed by atoms with E-state index in [0.717, 1.165) is 0 Å². The minimum Gasteiger partial charge on any atom is -0.368 e. The Kier molecular flexibility index (Phi) is 5.37. The number of primary amides is 1. The molecule has 10 heteroatoms. The third-order valence-electron chi connectivity index (χ3n) is 3.46. The SMILES string of the molecule is NC(=O)c1cc(Cl)nnc1NCCCc1nc(-c2ccc(F)cc2)no1. The lowest BCUT2D eigenvalue weighted by Gasteiger charge is -2.07. The number of carbonyl (C=O) groups is 1. The van der Waals surface area contributed by atoms with Gasteiger partial charge in [-0.05, 0) is 36.8 Å². The molecule has 3 rings (SSSR count). The third kappa shape index (κ3) is 4.31. The van der Waals surface area contributed by atoms with E-state index in [9.17, 15) is 9.18 Å². The highest BCUT2D eigenvalue weighted by Gasteiger charge is 2.12. The molecule has 0 aliphatic carbocycles. The fourth-order valence-electron chi connectivity index (χ4n) is 2.21.